The third-order valence-electron chi connectivity index (χ3n) is 5.68. The van der Waals surface area contributed by atoms with E-state index in [1.54, 1.807) is 0 Å². The summed E-state index contributed by atoms with van der Waals surface area (Å²) in [5.41, 5.74) is 2.02. The second-order valence-corrected chi connectivity index (χ2v) is 8.10. The van der Waals surface area contributed by atoms with Crippen molar-refractivity contribution in [1.29, 1.82) is 0 Å². The topological polar surface area (TPSA) is 0 Å². The summed E-state index contributed by atoms with van der Waals surface area (Å²) in [5, 5.41) is 0. The van der Waals surface area contributed by atoms with Crippen LogP contribution in [-0.2, 0) is 6.42 Å². The second kappa shape index (κ2) is 10.2. The van der Waals surface area contributed by atoms with Crippen molar-refractivity contribution < 1.29 is 26.3 Å². The molecule has 0 atom stereocenters. The molecule has 0 saturated carbocycles. The minimum atomic E-state index is -1.59. The van der Waals surface area contributed by atoms with Gasteiger partial charge in [-0.05, 0) is 58.5 Å². The average Bonchev–Trinajstić information content (AvgIpc) is 2.87. The van der Waals surface area contributed by atoms with E-state index < -0.39 is 40.5 Å². The maximum atomic E-state index is 14.8. The van der Waals surface area contributed by atoms with Gasteiger partial charge < -0.3 is 0 Å². The van der Waals surface area contributed by atoms with E-state index in [1.807, 2.05) is 24.3 Å². The molecule has 4 aromatic rings. The summed E-state index contributed by atoms with van der Waals surface area (Å²) in [6, 6.07) is 18.0. The molecule has 0 aliphatic heterocycles. The van der Waals surface area contributed by atoms with Crippen LogP contribution in [0.2, 0.25) is 0 Å². The molecule has 0 unspecified atom stereocenters. The zero-order valence-electron chi connectivity index (χ0n) is 18.7. The molecular formula is C29H20F6. The number of aryl methyl sites for hydroxylation is 1. The smallest absolute Gasteiger partial charge is 0.194 e. The summed E-state index contributed by atoms with van der Waals surface area (Å²) < 4.78 is 84.5. The molecule has 0 saturated heterocycles. The van der Waals surface area contributed by atoms with Crippen LogP contribution in [0.5, 0.6) is 0 Å². The minimum Gasteiger partial charge on any atom is -0.206 e. The maximum absolute atomic E-state index is 14.8. The molecule has 4 rings (SSSR count). The monoisotopic (exact) mass is 482 g/mol. The summed E-state index contributed by atoms with van der Waals surface area (Å²) in [4.78, 5) is 0. The molecule has 4 aromatic carbocycles. The Kier molecular flexibility index (Phi) is 7.10. The molecular weight excluding hydrogens is 462 g/mol. The van der Waals surface area contributed by atoms with Crippen molar-refractivity contribution in [1.82, 2.24) is 0 Å². The highest BCUT2D eigenvalue weighted by Gasteiger charge is 2.17. The summed E-state index contributed by atoms with van der Waals surface area (Å²) in [6.45, 7) is 2.07. The van der Waals surface area contributed by atoms with E-state index in [2.05, 4.69) is 6.92 Å². The molecule has 6 heteroatoms. The number of halogens is 6. The predicted octanol–water partition coefficient (Wildman–Crippen LogP) is 9.29. The van der Waals surface area contributed by atoms with E-state index in [-0.39, 0.29) is 16.7 Å². The molecule has 0 spiro atoms. The van der Waals surface area contributed by atoms with Crippen molar-refractivity contribution >= 4 is 11.7 Å². The number of rotatable bonds is 6. The SMILES string of the molecule is CCCc1ccc(-c2ccc(/C(F)=C(\F)c3ccc(-c4cc(F)c(F)c(F)c4)cc3)c(F)c2)cc1. The highest BCUT2D eigenvalue weighted by atomic mass is 19.2. The van der Waals surface area contributed by atoms with Gasteiger partial charge in [0.15, 0.2) is 29.1 Å². The van der Waals surface area contributed by atoms with Gasteiger partial charge in [-0.25, -0.2) is 26.3 Å². The largest absolute Gasteiger partial charge is 0.206 e. The zero-order valence-corrected chi connectivity index (χ0v) is 18.7. The molecule has 0 nitrogen and oxygen atoms in total. The molecule has 0 bridgehead atoms. The fraction of sp³-hybridized carbons (Fsp3) is 0.103. The van der Waals surface area contributed by atoms with Gasteiger partial charge in [0.1, 0.15) is 5.82 Å². The van der Waals surface area contributed by atoms with Crippen molar-refractivity contribution in [2.75, 3.05) is 0 Å². The second-order valence-electron chi connectivity index (χ2n) is 8.10. The van der Waals surface area contributed by atoms with Crippen LogP contribution < -0.4 is 0 Å². The van der Waals surface area contributed by atoms with Crippen LogP contribution in [0.3, 0.4) is 0 Å². The van der Waals surface area contributed by atoms with Crippen LogP contribution in [0.1, 0.15) is 30.0 Å². The predicted molar refractivity (Wildman–Crippen MR) is 127 cm³/mol. The standard InChI is InChI=1S/C29H20F6/c1-2-3-17-4-6-18(7-5-17)21-12-13-23(24(30)14-21)28(34)27(33)20-10-8-19(9-11-20)22-15-25(31)29(35)26(32)16-22/h4-16H,2-3H2,1H3/b28-27+. The van der Waals surface area contributed by atoms with Gasteiger partial charge in [0.2, 0.25) is 0 Å². The van der Waals surface area contributed by atoms with Crippen molar-refractivity contribution in [3.63, 3.8) is 0 Å². The van der Waals surface area contributed by atoms with Gasteiger partial charge in [-0.15, -0.1) is 0 Å². The molecule has 0 aromatic heterocycles. The van der Waals surface area contributed by atoms with Crippen LogP contribution in [0, 0.1) is 23.3 Å². The lowest BCUT2D eigenvalue weighted by atomic mass is 9.99. The van der Waals surface area contributed by atoms with E-state index in [0.717, 1.165) is 42.2 Å². The summed E-state index contributed by atoms with van der Waals surface area (Å²) in [6.07, 6.45) is 1.94. The lowest BCUT2D eigenvalue weighted by Crippen LogP contribution is -1.93. The Bertz CT molecular complexity index is 1360. The quantitative estimate of drug-likeness (QED) is 0.146. The lowest BCUT2D eigenvalue weighted by Gasteiger charge is -2.08. The first-order chi connectivity index (χ1) is 16.8. The molecule has 0 heterocycles. The van der Waals surface area contributed by atoms with E-state index in [4.69, 9.17) is 0 Å². The normalized spacial score (nSPS) is 12.0. The third kappa shape index (κ3) is 5.16. The Morgan fingerprint density at radius 1 is 0.571 bits per heavy atom. The molecule has 0 N–H and O–H groups in total. The fourth-order valence-corrected chi connectivity index (χ4v) is 3.80. The number of hydrogen-bond acceptors (Lipinski definition) is 0. The molecule has 0 radical (unpaired) electrons. The Morgan fingerprint density at radius 3 is 1.66 bits per heavy atom. The van der Waals surface area contributed by atoms with E-state index in [1.165, 1.54) is 36.4 Å². The zero-order chi connectivity index (χ0) is 25.1. The van der Waals surface area contributed by atoms with Crippen LogP contribution in [0.15, 0.2) is 78.9 Å². The number of hydrogen-bond donors (Lipinski definition) is 0. The van der Waals surface area contributed by atoms with Gasteiger partial charge in [-0.1, -0.05) is 67.9 Å². The van der Waals surface area contributed by atoms with Crippen molar-refractivity contribution in [2.45, 2.75) is 19.8 Å². The van der Waals surface area contributed by atoms with Crippen LogP contribution in [0.25, 0.3) is 33.9 Å². The van der Waals surface area contributed by atoms with E-state index in [9.17, 15) is 26.3 Å². The first-order valence-electron chi connectivity index (χ1n) is 11.0. The van der Waals surface area contributed by atoms with E-state index >= 15 is 0 Å². The van der Waals surface area contributed by atoms with Crippen LogP contribution >= 0.6 is 0 Å². The molecule has 0 fully saturated rings. The fourth-order valence-electron chi connectivity index (χ4n) is 3.80. The molecule has 0 aliphatic rings. The van der Waals surface area contributed by atoms with Gasteiger partial charge in [-0.3, -0.25) is 0 Å². The van der Waals surface area contributed by atoms with Gasteiger partial charge in [0.05, 0.1) is 0 Å². The molecule has 35 heavy (non-hydrogen) atoms. The molecule has 0 aliphatic carbocycles. The summed E-state index contributed by atoms with van der Waals surface area (Å²) in [5.74, 6) is -7.90. The summed E-state index contributed by atoms with van der Waals surface area (Å²) >= 11 is 0. The van der Waals surface area contributed by atoms with E-state index in [0.29, 0.717) is 5.56 Å². The van der Waals surface area contributed by atoms with Gasteiger partial charge >= 0.3 is 0 Å². The number of benzene rings is 4. The van der Waals surface area contributed by atoms with Crippen LogP contribution in [0.4, 0.5) is 26.3 Å². The first-order valence-corrected chi connectivity index (χ1v) is 11.0. The Labute approximate surface area is 199 Å². The highest BCUT2D eigenvalue weighted by Crippen LogP contribution is 2.33. The average molecular weight is 482 g/mol. The van der Waals surface area contributed by atoms with Crippen molar-refractivity contribution in [3.8, 4) is 22.3 Å². The van der Waals surface area contributed by atoms with Gasteiger partial charge in [0, 0.05) is 11.1 Å². The van der Waals surface area contributed by atoms with Crippen molar-refractivity contribution in [2.24, 2.45) is 0 Å². The summed E-state index contributed by atoms with van der Waals surface area (Å²) in [7, 11) is 0. The minimum absolute atomic E-state index is 0.0298. The lowest BCUT2D eigenvalue weighted by molar-refractivity contribution is 0.448. The van der Waals surface area contributed by atoms with Gasteiger partial charge in [-0.2, -0.15) is 0 Å². The maximum Gasteiger partial charge on any atom is 0.194 e. The van der Waals surface area contributed by atoms with Crippen LogP contribution in [-0.4, -0.2) is 0 Å². The van der Waals surface area contributed by atoms with Gasteiger partial charge in [0.25, 0.3) is 0 Å². The highest BCUT2D eigenvalue weighted by molar-refractivity contribution is 5.84. The Morgan fingerprint density at radius 2 is 1.09 bits per heavy atom. The Hall–Kier alpha value is -3.80. The molecule has 178 valence electrons. The Balaban J connectivity index is 1.60. The first kappa shape index (κ1) is 24.3. The van der Waals surface area contributed by atoms with Crippen molar-refractivity contribution in [3.05, 3.63) is 119 Å². The molecule has 0 amide bonds. The third-order valence-corrected chi connectivity index (χ3v) is 5.68.